The number of benzene rings is 2. The summed E-state index contributed by atoms with van der Waals surface area (Å²) in [6, 6.07) is 14.2. The first-order chi connectivity index (χ1) is 16.1. The number of fused-ring (bicyclic) bond motifs is 1. The van der Waals surface area contributed by atoms with Crippen LogP contribution < -0.4 is 24.3 Å². The molecule has 10 heteroatoms. The number of amides is 1. The first kappa shape index (κ1) is 20.4. The average molecular weight is 448 g/mol. The number of hydrogen-bond donors (Lipinski definition) is 1. The Kier molecular flexibility index (Phi) is 5.31. The average Bonchev–Trinajstić information content (AvgIpc) is 3.58. The second-order valence-electron chi connectivity index (χ2n) is 7.13. The van der Waals surface area contributed by atoms with Crippen LogP contribution in [0.25, 0.3) is 23.0 Å². The van der Waals surface area contributed by atoms with Crippen LogP contribution in [0.4, 0.5) is 5.69 Å². The van der Waals surface area contributed by atoms with Crippen molar-refractivity contribution >= 4 is 11.6 Å². The molecule has 10 nitrogen and oxygen atoms in total. The maximum Gasteiger partial charge on any atom is 0.274 e. The first-order valence-corrected chi connectivity index (χ1v) is 10.1. The molecule has 1 N–H and O–H groups in total. The molecular formula is C23H20N4O6. The molecule has 0 saturated heterocycles. The van der Waals surface area contributed by atoms with Gasteiger partial charge in [0.1, 0.15) is 12.2 Å². The summed E-state index contributed by atoms with van der Waals surface area (Å²) in [6.07, 6.45) is 1.77. The molecule has 0 fully saturated rings. The van der Waals surface area contributed by atoms with Crippen LogP contribution >= 0.6 is 0 Å². The van der Waals surface area contributed by atoms with Gasteiger partial charge in [-0.05, 0) is 42.5 Å². The molecule has 1 aliphatic heterocycles. The van der Waals surface area contributed by atoms with Gasteiger partial charge in [0.2, 0.25) is 18.5 Å². The van der Waals surface area contributed by atoms with E-state index in [2.05, 4.69) is 15.5 Å². The van der Waals surface area contributed by atoms with Crippen molar-refractivity contribution in [3.05, 3.63) is 54.7 Å². The Bertz CT molecular complexity index is 1310. The van der Waals surface area contributed by atoms with Crippen molar-refractivity contribution in [1.82, 2.24) is 14.7 Å². The number of nitrogens with zero attached hydrogens (tertiary/aromatic N) is 3. The van der Waals surface area contributed by atoms with Gasteiger partial charge < -0.3 is 33.4 Å². The summed E-state index contributed by atoms with van der Waals surface area (Å²) in [4.78, 5) is 17.1. The molecule has 4 aromatic rings. The van der Waals surface area contributed by atoms with Crippen molar-refractivity contribution in [2.24, 2.45) is 0 Å². The van der Waals surface area contributed by atoms with Crippen LogP contribution in [0, 0.1) is 0 Å². The highest BCUT2D eigenvalue weighted by molar-refractivity contribution is 5.91. The fourth-order valence-electron chi connectivity index (χ4n) is 3.50. The molecule has 0 atom stereocenters. The van der Waals surface area contributed by atoms with Crippen LogP contribution in [0.3, 0.4) is 0 Å². The van der Waals surface area contributed by atoms with E-state index < -0.39 is 0 Å². The van der Waals surface area contributed by atoms with Crippen LogP contribution in [0.1, 0.15) is 0 Å². The van der Waals surface area contributed by atoms with Crippen molar-refractivity contribution in [2.45, 2.75) is 6.54 Å². The van der Waals surface area contributed by atoms with E-state index in [0.29, 0.717) is 51.7 Å². The Hall–Kier alpha value is -4.47. The second-order valence-corrected chi connectivity index (χ2v) is 7.13. The number of rotatable bonds is 7. The van der Waals surface area contributed by atoms with Gasteiger partial charge in [0.25, 0.3) is 5.89 Å². The number of nitrogens with one attached hydrogen (secondary N) is 1. The fraction of sp³-hybridized carbons (Fsp3) is 0.174. The quantitative estimate of drug-likeness (QED) is 0.457. The molecule has 0 unspecified atom stereocenters. The highest BCUT2D eigenvalue weighted by Gasteiger charge is 2.18. The van der Waals surface area contributed by atoms with Gasteiger partial charge in [-0.1, -0.05) is 5.16 Å². The lowest BCUT2D eigenvalue weighted by atomic mass is 10.2. The van der Waals surface area contributed by atoms with Gasteiger partial charge in [0, 0.05) is 23.5 Å². The van der Waals surface area contributed by atoms with Crippen LogP contribution in [0.2, 0.25) is 0 Å². The third kappa shape index (κ3) is 4.05. The second kappa shape index (κ2) is 8.58. The fourth-order valence-corrected chi connectivity index (χ4v) is 3.50. The smallest absolute Gasteiger partial charge is 0.274 e. The molecule has 0 aliphatic carbocycles. The van der Waals surface area contributed by atoms with Gasteiger partial charge in [0.05, 0.1) is 14.2 Å². The Morgan fingerprint density at radius 1 is 1.06 bits per heavy atom. The van der Waals surface area contributed by atoms with Crippen molar-refractivity contribution in [3.8, 4) is 46.0 Å². The highest BCUT2D eigenvalue weighted by Crippen LogP contribution is 2.34. The predicted molar refractivity (Wildman–Crippen MR) is 117 cm³/mol. The van der Waals surface area contributed by atoms with E-state index in [1.165, 1.54) is 0 Å². The van der Waals surface area contributed by atoms with Crippen LogP contribution in [0.5, 0.6) is 23.0 Å². The predicted octanol–water partition coefficient (Wildman–Crippen LogP) is 3.59. The summed E-state index contributed by atoms with van der Waals surface area (Å²) in [5.74, 6) is 2.89. The summed E-state index contributed by atoms with van der Waals surface area (Å²) >= 11 is 0. The summed E-state index contributed by atoms with van der Waals surface area (Å²) in [6.45, 7) is 0.236. The maximum atomic E-state index is 12.6. The summed E-state index contributed by atoms with van der Waals surface area (Å²) in [7, 11) is 3.13. The lowest BCUT2D eigenvalue weighted by Gasteiger charge is -2.09. The van der Waals surface area contributed by atoms with E-state index >= 15 is 0 Å². The van der Waals surface area contributed by atoms with Gasteiger partial charge in [-0.2, -0.15) is 4.98 Å². The molecule has 3 heterocycles. The zero-order chi connectivity index (χ0) is 22.8. The van der Waals surface area contributed by atoms with E-state index in [4.69, 9.17) is 23.5 Å². The van der Waals surface area contributed by atoms with E-state index in [1.54, 1.807) is 61.4 Å². The van der Waals surface area contributed by atoms with Crippen molar-refractivity contribution in [1.29, 1.82) is 0 Å². The van der Waals surface area contributed by atoms with Crippen molar-refractivity contribution in [2.75, 3.05) is 26.3 Å². The first-order valence-electron chi connectivity index (χ1n) is 10.1. The number of aromatic nitrogens is 3. The number of methoxy groups -OCH3 is 2. The Balaban J connectivity index is 1.32. The highest BCUT2D eigenvalue weighted by atomic mass is 16.7. The summed E-state index contributed by atoms with van der Waals surface area (Å²) in [5, 5.41) is 6.93. The standard InChI is InChI=1S/C23H20N4O6/c1-29-17-7-5-14(10-19(17)30-2)22-25-23(33-26-22)16-4-3-9-27(16)12-21(28)24-15-6-8-18-20(11-15)32-13-31-18/h3-11H,12-13H2,1-2H3,(H,24,28). The molecule has 1 aliphatic rings. The summed E-state index contributed by atoms with van der Waals surface area (Å²) < 4.78 is 28.4. The minimum atomic E-state index is -0.217. The zero-order valence-corrected chi connectivity index (χ0v) is 17.9. The number of anilines is 1. The molecule has 168 valence electrons. The monoisotopic (exact) mass is 448 g/mol. The molecule has 33 heavy (non-hydrogen) atoms. The Labute approximate surface area is 188 Å². The van der Waals surface area contributed by atoms with E-state index in [1.807, 2.05) is 12.1 Å². The number of hydrogen-bond acceptors (Lipinski definition) is 8. The van der Waals surface area contributed by atoms with Gasteiger partial charge in [-0.3, -0.25) is 4.79 Å². The van der Waals surface area contributed by atoms with E-state index in [0.717, 1.165) is 0 Å². The van der Waals surface area contributed by atoms with Gasteiger partial charge in [-0.15, -0.1) is 0 Å². The van der Waals surface area contributed by atoms with Crippen LogP contribution in [-0.4, -0.2) is 41.6 Å². The molecule has 0 spiro atoms. The van der Waals surface area contributed by atoms with Gasteiger partial charge >= 0.3 is 0 Å². The Morgan fingerprint density at radius 2 is 1.91 bits per heavy atom. The molecule has 0 radical (unpaired) electrons. The van der Waals surface area contributed by atoms with Crippen molar-refractivity contribution in [3.63, 3.8) is 0 Å². The van der Waals surface area contributed by atoms with Crippen LogP contribution in [0.15, 0.2) is 59.3 Å². The van der Waals surface area contributed by atoms with E-state index in [9.17, 15) is 4.79 Å². The molecule has 2 aromatic heterocycles. The largest absolute Gasteiger partial charge is 0.493 e. The minimum absolute atomic E-state index is 0.0604. The van der Waals surface area contributed by atoms with Crippen LogP contribution in [-0.2, 0) is 11.3 Å². The molecular weight excluding hydrogens is 428 g/mol. The lowest BCUT2D eigenvalue weighted by Crippen LogP contribution is -2.18. The topological polar surface area (TPSA) is 110 Å². The van der Waals surface area contributed by atoms with Crippen molar-refractivity contribution < 1.29 is 28.3 Å². The Morgan fingerprint density at radius 3 is 2.76 bits per heavy atom. The summed E-state index contributed by atoms with van der Waals surface area (Å²) in [5.41, 5.74) is 1.95. The maximum absolute atomic E-state index is 12.6. The van der Waals surface area contributed by atoms with E-state index in [-0.39, 0.29) is 19.2 Å². The molecule has 5 rings (SSSR count). The number of ether oxygens (including phenoxy) is 4. The molecule has 2 aromatic carbocycles. The molecule has 1 amide bonds. The van der Waals surface area contributed by atoms with Gasteiger partial charge in [0.15, 0.2) is 23.0 Å². The molecule has 0 bridgehead atoms. The third-order valence-electron chi connectivity index (χ3n) is 5.09. The normalized spacial score (nSPS) is 11.9. The zero-order valence-electron chi connectivity index (χ0n) is 17.9. The number of carbonyl (C=O) groups excluding carboxylic acids is 1. The third-order valence-corrected chi connectivity index (χ3v) is 5.09. The molecule has 0 saturated carbocycles. The van der Waals surface area contributed by atoms with Gasteiger partial charge in [-0.25, -0.2) is 0 Å². The lowest BCUT2D eigenvalue weighted by molar-refractivity contribution is -0.116. The SMILES string of the molecule is COc1ccc(-c2noc(-c3cccn3CC(=O)Nc3ccc4c(c3)OCO4)n2)cc1OC. The number of carbonyl (C=O) groups is 1. The minimum Gasteiger partial charge on any atom is -0.493 e.